The molecule has 0 spiro atoms. The average molecular weight is 328 g/mol. The largest absolute Gasteiger partial charge is 0.493 e. The molecule has 1 amide bonds. The molecule has 7 heteroatoms. The van der Waals surface area contributed by atoms with Crippen LogP contribution in [0.3, 0.4) is 0 Å². The fourth-order valence-electron chi connectivity index (χ4n) is 1.96. The van der Waals surface area contributed by atoms with Crippen molar-refractivity contribution in [1.82, 2.24) is 0 Å². The SMILES string of the molecule is COc1ccc(/C=C\C(N)=O)cc1OCc1ccc([N+](=O)[O-])cc1. The lowest BCUT2D eigenvalue weighted by atomic mass is 10.2. The maximum Gasteiger partial charge on any atom is 0.269 e. The van der Waals surface area contributed by atoms with Crippen LogP contribution < -0.4 is 15.2 Å². The van der Waals surface area contributed by atoms with E-state index in [1.807, 2.05) is 0 Å². The van der Waals surface area contributed by atoms with Crippen LogP contribution in [0.25, 0.3) is 6.08 Å². The van der Waals surface area contributed by atoms with Crippen molar-refractivity contribution < 1.29 is 19.2 Å². The number of carbonyl (C=O) groups excluding carboxylic acids is 1. The van der Waals surface area contributed by atoms with Crippen LogP contribution in [0.2, 0.25) is 0 Å². The second kappa shape index (κ2) is 7.77. The Bertz CT molecular complexity index is 769. The predicted molar refractivity (Wildman–Crippen MR) is 88.7 cm³/mol. The number of primary amides is 1. The number of benzene rings is 2. The highest BCUT2D eigenvalue weighted by atomic mass is 16.6. The van der Waals surface area contributed by atoms with Crippen LogP contribution in [0, 0.1) is 10.1 Å². The van der Waals surface area contributed by atoms with Gasteiger partial charge in [0.25, 0.3) is 5.69 Å². The van der Waals surface area contributed by atoms with Crippen LogP contribution in [-0.2, 0) is 11.4 Å². The van der Waals surface area contributed by atoms with E-state index in [1.54, 1.807) is 36.4 Å². The van der Waals surface area contributed by atoms with Crippen molar-refractivity contribution in [2.45, 2.75) is 6.61 Å². The molecule has 2 aromatic carbocycles. The van der Waals surface area contributed by atoms with Gasteiger partial charge < -0.3 is 15.2 Å². The molecule has 0 bridgehead atoms. The van der Waals surface area contributed by atoms with E-state index >= 15 is 0 Å². The minimum Gasteiger partial charge on any atom is -0.493 e. The van der Waals surface area contributed by atoms with Gasteiger partial charge in [-0.3, -0.25) is 14.9 Å². The first kappa shape index (κ1) is 17.0. The fraction of sp³-hybridized carbons (Fsp3) is 0.118. The molecule has 2 aromatic rings. The summed E-state index contributed by atoms with van der Waals surface area (Å²) >= 11 is 0. The normalized spacial score (nSPS) is 10.5. The average Bonchev–Trinajstić information content (AvgIpc) is 2.58. The number of nitro groups is 1. The van der Waals surface area contributed by atoms with Gasteiger partial charge in [-0.05, 0) is 41.5 Å². The van der Waals surface area contributed by atoms with E-state index in [-0.39, 0.29) is 12.3 Å². The predicted octanol–water partition coefficient (Wildman–Crippen LogP) is 2.68. The van der Waals surface area contributed by atoms with Gasteiger partial charge in [0.1, 0.15) is 6.61 Å². The van der Waals surface area contributed by atoms with Crippen molar-refractivity contribution in [3.05, 3.63) is 69.8 Å². The zero-order valence-electron chi connectivity index (χ0n) is 13.0. The number of nitrogens with two attached hydrogens (primary N) is 1. The fourth-order valence-corrected chi connectivity index (χ4v) is 1.96. The molecule has 0 aromatic heterocycles. The number of nitrogens with zero attached hydrogens (tertiary/aromatic N) is 1. The van der Waals surface area contributed by atoms with Gasteiger partial charge in [0, 0.05) is 18.2 Å². The van der Waals surface area contributed by atoms with Gasteiger partial charge in [0.05, 0.1) is 12.0 Å². The Hall–Kier alpha value is -3.35. The van der Waals surface area contributed by atoms with Gasteiger partial charge >= 0.3 is 0 Å². The van der Waals surface area contributed by atoms with Crippen molar-refractivity contribution in [2.24, 2.45) is 5.73 Å². The summed E-state index contributed by atoms with van der Waals surface area (Å²) in [7, 11) is 1.52. The molecule has 24 heavy (non-hydrogen) atoms. The summed E-state index contributed by atoms with van der Waals surface area (Å²) in [4.78, 5) is 21.0. The van der Waals surface area contributed by atoms with Crippen LogP contribution in [-0.4, -0.2) is 17.9 Å². The quantitative estimate of drug-likeness (QED) is 0.478. The number of nitro benzene ring substituents is 1. The summed E-state index contributed by atoms with van der Waals surface area (Å²) < 4.78 is 11.0. The molecule has 0 saturated carbocycles. The van der Waals surface area contributed by atoms with E-state index in [2.05, 4.69) is 0 Å². The molecule has 0 aliphatic carbocycles. The van der Waals surface area contributed by atoms with E-state index in [1.165, 1.54) is 25.3 Å². The molecular formula is C17H16N2O5. The van der Waals surface area contributed by atoms with Crippen molar-refractivity contribution in [3.8, 4) is 11.5 Å². The molecule has 0 fully saturated rings. The maximum atomic E-state index is 10.8. The lowest BCUT2D eigenvalue weighted by Crippen LogP contribution is -2.05. The molecule has 0 unspecified atom stereocenters. The zero-order valence-corrected chi connectivity index (χ0v) is 13.0. The Balaban J connectivity index is 2.13. The highest BCUT2D eigenvalue weighted by molar-refractivity contribution is 5.90. The number of methoxy groups -OCH3 is 1. The van der Waals surface area contributed by atoms with E-state index in [0.717, 1.165) is 11.1 Å². The van der Waals surface area contributed by atoms with Gasteiger partial charge in [-0.25, -0.2) is 0 Å². The topological polar surface area (TPSA) is 105 Å². The molecule has 0 heterocycles. The maximum absolute atomic E-state index is 10.8. The van der Waals surface area contributed by atoms with E-state index in [9.17, 15) is 14.9 Å². The minimum absolute atomic E-state index is 0.0231. The van der Waals surface area contributed by atoms with Gasteiger partial charge in [-0.15, -0.1) is 0 Å². The van der Waals surface area contributed by atoms with Crippen molar-refractivity contribution in [3.63, 3.8) is 0 Å². The van der Waals surface area contributed by atoms with E-state index in [0.29, 0.717) is 11.5 Å². The molecule has 7 nitrogen and oxygen atoms in total. The highest BCUT2D eigenvalue weighted by Crippen LogP contribution is 2.29. The number of carbonyl (C=O) groups is 1. The van der Waals surface area contributed by atoms with E-state index in [4.69, 9.17) is 15.2 Å². The summed E-state index contributed by atoms with van der Waals surface area (Å²) in [5, 5.41) is 10.6. The number of ether oxygens (including phenoxy) is 2. The molecule has 0 saturated heterocycles. The van der Waals surface area contributed by atoms with Crippen molar-refractivity contribution in [1.29, 1.82) is 0 Å². The van der Waals surface area contributed by atoms with Crippen LogP contribution in [0.4, 0.5) is 5.69 Å². The molecule has 2 N–H and O–H groups in total. The number of amides is 1. The first-order valence-electron chi connectivity index (χ1n) is 7.01. The second-order valence-electron chi connectivity index (χ2n) is 4.86. The monoisotopic (exact) mass is 328 g/mol. The third-order valence-corrected chi connectivity index (χ3v) is 3.17. The molecule has 2 rings (SSSR count). The standard InChI is InChI=1S/C17H16N2O5/c1-23-15-8-4-12(5-9-17(18)20)10-16(15)24-11-13-2-6-14(7-3-13)19(21)22/h2-10H,11H2,1H3,(H2,18,20)/b9-5-. The summed E-state index contributed by atoms with van der Waals surface area (Å²) in [5.41, 5.74) is 6.60. The molecule has 0 aliphatic rings. The Morgan fingerprint density at radius 2 is 1.92 bits per heavy atom. The number of hydrogen-bond acceptors (Lipinski definition) is 5. The van der Waals surface area contributed by atoms with Gasteiger partial charge in [-0.1, -0.05) is 6.07 Å². The van der Waals surface area contributed by atoms with Crippen LogP contribution >= 0.6 is 0 Å². The first-order valence-corrected chi connectivity index (χ1v) is 7.01. The summed E-state index contributed by atoms with van der Waals surface area (Å²) in [6, 6.07) is 11.3. The highest BCUT2D eigenvalue weighted by Gasteiger charge is 2.07. The molecule has 124 valence electrons. The molecular weight excluding hydrogens is 312 g/mol. The van der Waals surface area contributed by atoms with Crippen molar-refractivity contribution >= 4 is 17.7 Å². The van der Waals surface area contributed by atoms with Gasteiger partial charge in [-0.2, -0.15) is 0 Å². The van der Waals surface area contributed by atoms with Crippen LogP contribution in [0.5, 0.6) is 11.5 Å². The van der Waals surface area contributed by atoms with Gasteiger partial charge in [0.2, 0.25) is 5.91 Å². The van der Waals surface area contributed by atoms with Crippen molar-refractivity contribution in [2.75, 3.05) is 7.11 Å². The Morgan fingerprint density at radius 1 is 1.21 bits per heavy atom. The third-order valence-electron chi connectivity index (χ3n) is 3.17. The van der Waals surface area contributed by atoms with E-state index < -0.39 is 10.8 Å². The summed E-state index contributed by atoms with van der Waals surface area (Å²) in [6.45, 7) is 0.220. The smallest absolute Gasteiger partial charge is 0.269 e. The zero-order chi connectivity index (χ0) is 17.5. The summed E-state index contributed by atoms with van der Waals surface area (Å²) in [6.07, 6.45) is 2.82. The minimum atomic E-state index is -0.542. The second-order valence-corrected chi connectivity index (χ2v) is 4.86. The lowest BCUT2D eigenvalue weighted by molar-refractivity contribution is -0.384. The molecule has 0 atom stereocenters. The first-order chi connectivity index (χ1) is 11.5. The van der Waals surface area contributed by atoms with Crippen LogP contribution in [0.1, 0.15) is 11.1 Å². The Labute approximate surface area is 138 Å². The Morgan fingerprint density at radius 3 is 2.50 bits per heavy atom. The third kappa shape index (κ3) is 4.57. The Kier molecular flexibility index (Phi) is 5.51. The number of rotatable bonds is 7. The van der Waals surface area contributed by atoms with Crippen LogP contribution in [0.15, 0.2) is 48.5 Å². The number of hydrogen-bond donors (Lipinski definition) is 1. The summed E-state index contributed by atoms with van der Waals surface area (Å²) in [5.74, 6) is 0.481. The van der Waals surface area contributed by atoms with Gasteiger partial charge in [0.15, 0.2) is 11.5 Å². The molecule has 0 radical (unpaired) electrons. The lowest BCUT2D eigenvalue weighted by Gasteiger charge is -2.11. The number of non-ortho nitro benzene ring substituents is 1. The molecule has 0 aliphatic heterocycles.